The average molecular weight is 304 g/mol. The lowest BCUT2D eigenvalue weighted by molar-refractivity contribution is 0.600. The second-order valence-electron chi connectivity index (χ2n) is 2.30. The largest absolute Gasteiger partial charge is 0.222 e. The van der Waals surface area contributed by atoms with Gasteiger partial charge in [0.25, 0.3) is 0 Å². The molecule has 6 heteroatoms. The molecule has 0 saturated heterocycles. The fourth-order valence-electron chi connectivity index (χ4n) is 0.733. The lowest BCUT2D eigenvalue weighted by Crippen LogP contribution is -2.01. The van der Waals surface area contributed by atoms with Crippen LogP contribution in [0.15, 0.2) is 27.6 Å². The van der Waals surface area contributed by atoms with Gasteiger partial charge in [-0.15, -0.1) is 11.6 Å². The lowest BCUT2D eigenvalue weighted by atomic mass is 10.4. The smallest absolute Gasteiger partial charge is 0.192 e. The maximum atomic E-state index is 11.3. The summed E-state index contributed by atoms with van der Waals surface area (Å²) in [7, 11) is -3.36. The minimum atomic E-state index is -3.36. The van der Waals surface area contributed by atoms with Gasteiger partial charge in [-0.2, -0.15) is 0 Å². The maximum absolute atomic E-state index is 11.3. The summed E-state index contributed by atoms with van der Waals surface area (Å²) < 4.78 is 23.1. The zero-order valence-corrected chi connectivity index (χ0v) is 10.2. The number of hydrogen-bond donors (Lipinski definition) is 0. The van der Waals surface area contributed by atoms with Gasteiger partial charge in [-0.1, -0.05) is 11.6 Å². The first kappa shape index (κ1) is 11.3. The molecule has 0 saturated carbocycles. The minimum Gasteiger partial charge on any atom is -0.222 e. The molecule has 72 valence electrons. The van der Waals surface area contributed by atoms with Crippen LogP contribution in [0, 0.1) is 0 Å². The molecule has 2 nitrogen and oxygen atoms in total. The van der Waals surface area contributed by atoms with Crippen LogP contribution in [0.25, 0.3) is 0 Å². The van der Waals surface area contributed by atoms with Crippen LogP contribution in [0.4, 0.5) is 0 Å². The Morgan fingerprint density at radius 1 is 1.38 bits per heavy atom. The molecule has 13 heavy (non-hydrogen) atoms. The molecule has 0 heterocycles. The Hall–Kier alpha value is 0.230. The molecular formula is C7H5BrCl2O2S. The topological polar surface area (TPSA) is 34.1 Å². The van der Waals surface area contributed by atoms with Gasteiger partial charge in [0, 0.05) is 4.47 Å². The summed E-state index contributed by atoms with van der Waals surface area (Å²) in [5.41, 5.74) is 0. The van der Waals surface area contributed by atoms with E-state index in [1.165, 1.54) is 18.2 Å². The van der Waals surface area contributed by atoms with Crippen molar-refractivity contribution in [3.05, 3.63) is 27.7 Å². The molecule has 0 fully saturated rings. The van der Waals surface area contributed by atoms with Crippen LogP contribution in [-0.2, 0) is 9.84 Å². The number of sulfone groups is 1. The third kappa shape index (κ3) is 2.59. The van der Waals surface area contributed by atoms with Crippen LogP contribution in [-0.4, -0.2) is 13.6 Å². The quantitative estimate of drug-likeness (QED) is 0.787. The first-order chi connectivity index (χ1) is 5.97. The molecule has 1 aromatic rings. The summed E-state index contributed by atoms with van der Waals surface area (Å²) in [5.74, 6) is 0. The van der Waals surface area contributed by atoms with Crippen LogP contribution in [0.3, 0.4) is 0 Å². The molecule has 0 spiro atoms. The Labute approximate surface area is 94.9 Å². The van der Waals surface area contributed by atoms with Crippen molar-refractivity contribution < 1.29 is 8.42 Å². The van der Waals surface area contributed by atoms with Gasteiger partial charge in [0.2, 0.25) is 0 Å². The lowest BCUT2D eigenvalue weighted by Gasteiger charge is -2.01. The average Bonchev–Trinajstić information content (AvgIpc) is 2.09. The number of halogens is 3. The van der Waals surface area contributed by atoms with Crippen molar-refractivity contribution in [3.63, 3.8) is 0 Å². The second-order valence-corrected chi connectivity index (χ2v) is 6.14. The van der Waals surface area contributed by atoms with E-state index in [1.54, 1.807) is 0 Å². The fourth-order valence-corrected chi connectivity index (χ4v) is 2.46. The van der Waals surface area contributed by atoms with Gasteiger partial charge in [-0.05, 0) is 34.1 Å². The predicted octanol–water partition coefficient (Wildman–Crippen LogP) is 3.07. The van der Waals surface area contributed by atoms with Gasteiger partial charge in [0.1, 0.15) is 5.21 Å². The van der Waals surface area contributed by atoms with Crippen molar-refractivity contribution in [2.45, 2.75) is 4.90 Å². The maximum Gasteiger partial charge on any atom is 0.192 e. The molecule has 0 aromatic heterocycles. The summed E-state index contributed by atoms with van der Waals surface area (Å²) in [6.45, 7) is 0. The van der Waals surface area contributed by atoms with Crippen LogP contribution < -0.4 is 0 Å². The van der Waals surface area contributed by atoms with Crippen molar-refractivity contribution in [1.82, 2.24) is 0 Å². The minimum absolute atomic E-state index is 0.166. The summed E-state index contributed by atoms with van der Waals surface area (Å²) in [4.78, 5) is 0.166. The van der Waals surface area contributed by atoms with E-state index in [0.717, 1.165) is 0 Å². The van der Waals surface area contributed by atoms with E-state index in [4.69, 9.17) is 23.2 Å². The van der Waals surface area contributed by atoms with Gasteiger partial charge in [0.05, 0.1) is 9.92 Å². The Kier molecular flexibility index (Phi) is 3.63. The van der Waals surface area contributed by atoms with Crippen LogP contribution in [0.5, 0.6) is 0 Å². The SMILES string of the molecule is O=S(=O)(CCl)c1ccc(Cl)c(Br)c1. The number of hydrogen-bond acceptors (Lipinski definition) is 2. The third-order valence-electron chi connectivity index (χ3n) is 1.39. The standard InChI is InChI=1S/C7H5BrCl2O2S/c8-6-3-5(1-2-7(6)10)13(11,12)4-9/h1-3H,4H2. The van der Waals surface area contributed by atoms with Crippen molar-refractivity contribution in [2.24, 2.45) is 0 Å². The number of alkyl halides is 1. The van der Waals surface area contributed by atoms with E-state index < -0.39 is 15.0 Å². The zero-order chi connectivity index (χ0) is 10.1. The van der Waals surface area contributed by atoms with Crippen LogP contribution >= 0.6 is 39.1 Å². The molecule has 0 aliphatic heterocycles. The third-order valence-corrected chi connectivity index (χ3v) is 4.73. The highest BCUT2D eigenvalue weighted by atomic mass is 79.9. The normalized spacial score (nSPS) is 11.6. The molecule has 1 rings (SSSR count). The molecular weight excluding hydrogens is 299 g/mol. The van der Waals surface area contributed by atoms with Crippen molar-refractivity contribution in [1.29, 1.82) is 0 Å². The molecule has 0 bridgehead atoms. The summed E-state index contributed by atoms with van der Waals surface area (Å²) in [5, 5.41) is 0.0367. The van der Waals surface area contributed by atoms with Gasteiger partial charge in [-0.3, -0.25) is 0 Å². The first-order valence-corrected chi connectivity index (χ1v) is 6.57. The summed E-state index contributed by atoms with van der Waals surface area (Å²) in [6.07, 6.45) is 0. The number of rotatable bonds is 2. The van der Waals surface area contributed by atoms with Gasteiger partial charge in [0.15, 0.2) is 9.84 Å². The molecule has 0 aliphatic rings. The van der Waals surface area contributed by atoms with Crippen LogP contribution in [0.1, 0.15) is 0 Å². The van der Waals surface area contributed by atoms with E-state index in [-0.39, 0.29) is 4.90 Å². The van der Waals surface area contributed by atoms with Crippen molar-refractivity contribution in [3.8, 4) is 0 Å². The fraction of sp³-hybridized carbons (Fsp3) is 0.143. The molecule has 0 amide bonds. The Morgan fingerprint density at radius 3 is 2.46 bits per heavy atom. The van der Waals surface area contributed by atoms with Crippen molar-refractivity contribution >= 4 is 49.0 Å². The Morgan fingerprint density at radius 2 is 2.00 bits per heavy atom. The van der Waals surface area contributed by atoms with E-state index in [1.807, 2.05) is 0 Å². The highest BCUT2D eigenvalue weighted by Crippen LogP contribution is 2.25. The van der Waals surface area contributed by atoms with Gasteiger partial charge in [-0.25, -0.2) is 8.42 Å². The van der Waals surface area contributed by atoms with E-state index in [2.05, 4.69) is 15.9 Å². The molecule has 0 atom stereocenters. The zero-order valence-electron chi connectivity index (χ0n) is 6.30. The number of benzene rings is 1. The molecule has 1 aromatic carbocycles. The Bertz CT molecular complexity index is 417. The second kappa shape index (κ2) is 4.17. The van der Waals surface area contributed by atoms with Crippen molar-refractivity contribution in [2.75, 3.05) is 5.21 Å². The molecule has 0 radical (unpaired) electrons. The van der Waals surface area contributed by atoms with Gasteiger partial charge >= 0.3 is 0 Å². The highest BCUT2D eigenvalue weighted by molar-refractivity contribution is 9.10. The molecule has 0 N–H and O–H groups in total. The molecule has 0 aliphatic carbocycles. The van der Waals surface area contributed by atoms with E-state index >= 15 is 0 Å². The monoisotopic (exact) mass is 302 g/mol. The van der Waals surface area contributed by atoms with Crippen LogP contribution in [0.2, 0.25) is 5.02 Å². The summed E-state index contributed by atoms with van der Waals surface area (Å²) >= 11 is 14.1. The van der Waals surface area contributed by atoms with E-state index in [9.17, 15) is 8.42 Å². The highest BCUT2D eigenvalue weighted by Gasteiger charge is 2.13. The summed E-state index contributed by atoms with van der Waals surface area (Å²) in [6, 6.07) is 4.36. The predicted molar refractivity (Wildman–Crippen MR) is 57.1 cm³/mol. The Balaban J connectivity index is 3.27. The van der Waals surface area contributed by atoms with E-state index in [0.29, 0.717) is 9.50 Å². The molecule has 0 unspecified atom stereocenters. The van der Waals surface area contributed by atoms with Gasteiger partial charge < -0.3 is 0 Å². The first-order valence-electron chi connectivity index (χ1n) is 3.21.